The summed E-state index contributed by atoms with van der Waals surface area (Å²) in [4.78, 5) is 26.5. The first-order valence-electron chi connectivity index (χ1n) is 10.2. The van der Waals surface area contributed by atoms with Crippen LogP contribution >= 0.6 is 11.3 Å². The molecule has 7 heteroatoms. The number of aryl methyl sites for hydroxylation is 1. The number of carbonyl (C=O) groups excluding carboxylic acids is 2. The molecule has 0 fully saturated rings. The first-order chi connectivity index (χ1) is 15.5. The lowest BCUT2D eigenvalue weighted by Crippen LogP contribution is -2.41. The number of ether oxygens (including phenoxy) is 2. The van der Waals surface area contributed by atoms with Gasteiger partial charge in [-0.3, -0.25) is 9.59 Å². The van der Waals surface area contributed by atoms with Crippen molar-refractivity contribution in [3.8, 4) is 11.5 Å². The number of hydrogen-bond acceptors (Lipinski definition) is 5. The van der Waals surface area contributed by atoms with Crippen LogP contribution in [0.15, 0.2) is 71.7 Å². The average molecular weight is 451 g/mol. The van der Waals surface area contributed by atoms with Crippen molar-refractivity contribution in [3.05, 3.63) is 87.7 Å². The molecule has 0 aliphatic carbocycles. The molecule has 0 saturated heterocycles. The third kappa shape index (κ3) is 6.46. The number of thiophene rings is 1. The monoisotopic (exact) mass is 450 g/mol. The molecular weight excluding hydrogens is 424 g/mol. The number of para-hydroxylation sites is 1. The van der Waals surface area contributed by atoms with Crippen molar-refractivity contribution in [2.75, 3.05) is 13.7 Å². The second-order valence-corrected chi connectivity index (χ2v) is 8.19. The lowest BCUT2D eigenvalue weighted by Gasteiger charge is -2.17. The van der Waals surface area contributed by atoms with Crippen LogP contribution in [0.4, 0.5) is 0 Å². The second kappa shape index (κ2) is 11.2. The fraction of sp³-hybridized carbons (Fsp3) is 0.200. The first kappa shape index (κ1) is 23.1. The third-order valence-electron chi connectivity index (χ3n) is 4.63. The molecule has 1 aromatic heterocycles. The summed E-state index contributed by atoms with van der Waals surface area (Å²) >= 11 is 1.48. The average Bonchev–Trinajstić information content (AvgIpc) is 3.31. The molecule has 2 amide bonds. The molecular formula is C25H26N2O4S. The Morgan fingerprint density at radius 2 is 1.81 bits per heavy atom. The quantitative estimate of drug-likeness (QED) is 0.473. The number of benzene rings is 2. The molecule has 0 radical (unpaired) electrons. The lowest BCUT2D eigenvalue weighted by atomic mass is 10.2. The molecule has 166 valence electrons. The highest BCUT2D eigenvalue weighted by atomic mass is 32.1. The summed E-state index contributed by atoms with van der Waals surface area (Å²) in [5, 5.41) is 7.54. The van der Waals surface area contributed by atoms with Gasteiger partial charge in [-0.15, -0.1) is 11.3 Å². The van der Waals surface area contributed by atoms with Crippen molar-refractivity contribution in [2.45, 2.75) is 19.9 Å². The van der Waals surface area contributed by atoms with Crippen LogP contribution in [-0.4, -0.2) is 31.6 Å². The van der Waals surface area contributed by atoms with Gasteiger partial charge >= 0.3 is 0 Å². The largest absolute Gasteiger partial charge is 0.497 e. The molecule has 1 heterocycles. The molecule has 6 nitrogen and oxygen atoms in total. The summed E-state index contributed by atoms with van der Waals surface area (Å²) in [6, 6.07) is 17.9. The molecule has 0 unspecified atom stereocenters. The smallest absolute Gasteiger partial charge is 0.268 e. The lowest BCUT2D eigenvalue weighted by molar-refractivity contribution is -0.118. The van der Waals surface area contributed by atoms with Gasteiger partial charge in [0.1, 0.15) is 23.8 Å². The van der Waals surface area contributed by atoms with E-state index in [0.717, 1.165) is 16.2 Å². The van der Waals surface area contributed by atoms with Gasteiger partial charge in [0.2, 0.25) is 0 Å². The molecule has 1 atom stereocenters. The maximum absolute atomic E-state index is 13.0. The number of amides is 2. The Balaban J connectivity index is 1.68. The van der Waals surface area contributed by atoms with Crippen molar-refractivity contribution in [1.82, 2.24) is 10.6 Å². The van der Waals surface area contributed by atoms with Crippen LogP contribution in [-0.2, 0) is 4.79 Å². The van der Waals surface area contributed by atoms with E-state index in [1.54, 1.807) is 37.5 Å². The van der Waals surface area contributed by atoms with E-state index in [2.05, 4.69) is 10.6 Å². The minimum absolute atomic E-state index is 0.163. The van der Waals surface area contributed by atoms with E-state index in [1.807, 2.05) is 55.6 Å². The van der Waals surface area contributed by atoms with Crippen molar-refractivity contribution >= 4 is 29.2 Å². The maximum Gasteiger partial charge on any atom is 0.268 e. The van der Waals surface area contributed by atoms with Gasteiger partial charge in [-0.2, -0.15) is 0 Å². The molecule has 0 saturated carbocycles. The summed E-state index contributed by atoms with van der Waals surface area (Å²) in [5.74, 6) is 0.655. The van der Waals surface area contributed by atoms with Crippen molar-refractivity contribution < 1.29 is 19.1 Å². The van der Waals surface area contributed by atoms with Crippen LogP contribution in [0, 0.1) is 6.92 Å². The van der Waals surface area contributed by atoms with Gasteiger partial charge in [0.15, 0.2) is 0 Å². The van der Waals surface area contributed by atoms with Crippen LogP contribution in [0.1, 0.15) is 27.7 Å². The van der Waals surface area contributed by atoms with E-state index >= 15 is 0 Å². The third-order valence-corrected chi connectivity index (χ3v) is 5.45. The zero-order valence-electron chi connectivity index (χ0n) is 18.3. The summed E-state index contributed by atoms with van der Waals surface area (Å²) in [7, 11) is 1.56. The number of rotatable bonds is 9. The van der Waals surface area contributed by atoms with Gasteiger partial charge in [-0.25, -0.2) is 0 Å². The highest BCUT2D eigenvalue weighted by molar-refractivity contribution is 7.10. The summed E-state index contributed by atoms with van der Waals surface area (Å²) in [6.07, 6.45) is 1.66. The number of methoxy groups -OCH3 is 1. The summed E-state index contributed by atoms with van der Waals surface area (Å²) in [6.45, 7) is 4.12. The van der Waals surface area contributed by atoms with Gasteiger partial charge in [0.05, 0.1) is 13.2 Å². The number of carbonyl (C=O) groups is 2. The Morgan fingerprint density at radius 1 is 1.06 bits per heavy atom. The Kier molecular flexibility index (Phi) is 8.05. The molecule has 0 spiro atoms. The van der Waals surface area contributed by atoms with Gasteiger partial charge < -0.3 is 20.1 Å². The van der Waals surface area contributed by atoms with Gasteiger partial charge in [0, 0.05) is 10.4 Å². The van der Waals surface area contributed by atoms with E-state index in [9.17, 15) is 9.59 Å². The van der Waals surface area contributed by atoms with E-state index < -0.39 is 0 Å². The molecule has 32 heavy (non-hydrogen) atoms. The van der Waals surface area contributed by atoms with Crippen LogP contribution in [0.25, 0.3) is 6.08 Å². The minimum atomic E-state index is -0.388. The highest BCUT2D eigenvalue weighted by Gasteiger charge is 2.17. The van der Waals surface area contributed by atoms with E-state index in [4.69, 9.17) is 9.47 Å². The van der Waals surface area contributed by atoms with Crippen LogP contribution in [0.2, 0.25) is 0 Å². The van der Waals surface area contributed by atoms with E-state index in [0.29, 0.717) is 17.9 Å². The Labute approximate surface area is 191 Å². The Hall–Kier alpha value is -3.58. The normalized spacial score (nSPS) is 12.0. The van der Waals surface area contributed by atoms with Gasteiger partial charge in [-0.05, 0) is 67.3 Å². The maximum atomic E-state index is 13.0. The van der Waals surface area contributed by atoms with Gasteiger partial charge in [0.25, 0.3) is 11.8 Å². The molecule has 2 aromatic carbocycles. The van der Waals surface area contributed by atoms with Crippen LogP contribution in [0.5, 0.6) is 11.5 Å². The zero-order valence-corrected chi connectivity index (χ0v) is 19.1. The SMILES string of the molecule is COc1ccc(C(=O)N/C(=C\c2cccs2)C(=O)N[C@@H](C)COc2ccccc2C)cc1. The standard InChI is InChI=1S/C25H26N2O4S/c1-17-7-4-5-9-23(17)31-16-18(2)26-25(29)22(15-21-8-6-14-32-21)27-24(28)19-10-12-20(30-3)13-11-19/h4-15,18H,16H2,1-3H3,(H,26,29)(H,27,28)/b22-15-/t18-/m0/s1. The predicted octanol–water partition coefficient (Wildman–Crippen LogP) is 4.42. The molecule has 2 N–H and O–H groups in total. The molecule has 3 rings (SSSR count). The topological polar surface area (TPSA) is 76.7 Å². The fourth-order valence-corrected chi connectivity index (χ4v) is 3.54. The first-order valence-corrected chi connectivity index (χ1v) is 11.0. The molecule has 0 bridgehead atoms. The molecule has 3 aromatic rings. The van der Waals surface area contributed by atoms with Crippen molar-refractivity contribution in [1.29, 1.82) is 0 Å². The molecule has 0 aliphatic heterocycles. The van der Waals surface area contributed by atoms with Crippen LogP contribution < -0.4 is 20.1 Å². The predicted molar refractivity (Wildman–Crippen MR) is 127 cm³/mol. The van der Waals surface area contributed by atoms with Crippen molar-refractivity contribution in [3.63, 3.8) is 0 Å². The Morgan fingerprint density at radius 3 is 2.47 bits per heavy atom. The Bertz CT molecular complexity index is 1080. The van der Waals surface area contributed by atoms with Crippen molar-refractivity contribution in [2.24, 2.45) is 0 Å². The molecule has 0 aliphatic rings. The summed E-state index contributed by atoms with van der Waals surface area (Å²) < 4.78 is 11.0. The second-order valence-electron chi connectivity index (χ2n) is 7.21. The summed E-state index contributed by atoms with van der Waals surface area (Å²) in [5.41, 5.74) is 1.61. The van der Waals surface area contributed by atoms with E-state index in [1.165, 1.54) is 11.3 Å². The van der Waals surface area contributed by atoms with Crippen LogP contribution in [0.3, 0.4) is 0 Å². The number of nitrogens with one attached hydrogen (secondary N) is 2. The highest BCUT2D eigenvalue weighted by Crippen LogP contribution is 2.17. The van der Waals surface area contributed by atoms with E-state index in [-0.39, 0.29) is 23.6 Å². The van der Waals surface area contributed by atoms with Gasteiger partial charge in [-0.1, -0.05) is 24.3 Å². The fourth-order valence-electron chi connectivity index (χ4n) is 2.89. The zero-order chi connectivity index (χ0) is 22.9. The minimum Gasteiger partial charge on any atom is -0.497 e. The number of hydrogen-bond donors (Lipinski definition) is 2.